The van der Waals surface area contributed by atoms with Crippen LogP contribution in [0.15, 0.2) is 42.0 Å². The molecule has 0 bridgehead atoms. The highest BCUT2D eigenvalue weighted by atomic mass is 16.6. The van der Waals surface area contributed by atoms with E-state index in [9.17, 15) is 9.59 Å². The molecular weight excluding hydrogens is 550 g/mol. The lowest BCUT2D eigenvalue weighted by Crippen LogP contribution is -2.36. The molecule has 1 N–H and O–H groups in total. The molecule has 2 atom stereocenters. The molecule has 2 aliphatic heterocycles. The monoisotopic (exact) mass is 601 g/mol. The Bertz CT molecular complexity index is 1400. The zero-order valence-corrected chi connectivity index (χ0v) is 27.8. The smallest absolute Gasteiger partial charge is 0.338 e. The Balaban J connectivity index is 1.63. The molecule has 5 rings (SSSR count). The summed E-state index contributed by atoms with van der Waals surface area (Å²) in [4.78, 5) is 31.8. The van der Waals surface area contributed by atoms with Crippen LogP contribution in [0.2, 0.25) is 0 Å². The van der Waals surface area contributed by atoms with E-state index >= 15 is 0 Å². The number of amides is 1. The average molecular weight is 602 g/mol. The molecule has 1 amide bonds. The number of rotatable bonds is 9. The lowest BCUT2D eigenvalue weighted by molar-refractivity contribution is -0.125. The summed E-state index contributed by atoms with van der Waals surface area (Å²) in [6.45, 7) is 9.91. The standard InChI is InChI=1S/C37H51N3O4/c1-24-30-22-27(43-7)16-18-28(30)34-33(25-13-9-8-10-14-25)29-17-15-26(36(42)44-37(2,3)4)21-32(29)40(34)23-31(24)35(41)39(6)20-12-11-19-38-5/h15-18,21-22,25,33-34,38H,8-14,19-20,23H2,1-7H3. The molecule has 3 aliphatic rings. The van der Waals surface area contributed by atoms with Gasteiger partial charge in [0.05, 0.1) is 18.7 Å². The molecule has 44 heavy (non-hydrogen) atoms. The van der Waals surface area contributed by atoms with Gasteiger partial charge in [0.1, 0.15) is 11.4 Å². The van der Waals surface area contributed by atoms with Crippen molar-refractivity contribution in [2.24, 2.45) is 5.92 Å². The summed E-state index contributed by atoms with van der Waals surface area (Å²) in [7, 11) is 5.57. The van der Waals surface area contributed by atoms with E-state index in [1.165, 1.54) is 43.2 Å². The minimum absolute atomic E-state index is 0.0593. The zero-order chi connectivity index (χ0) is 31.6. The number of likely N-dealkylation sites (N-methyl/N-ethyl adjacent to an activating group) is 1. The van der Waals surface area contributed by atoms with Gasteiger partial charge in [0.2, 0.25) is 0 Å². The van der Waals surface area contributed by atoms with Gasteiger partial charge in [-0.3, -0.25) is 4.79 Å². The lowest BCUT2D eigenvalue weighted by atomic mass is 9.72. The summed E-state index contributed by atoms with van der Waals surface area (Å²) in [5, 5.41) is 3.20. The Hall–Kier alpha value is -3.32. The van der Waals surface area contributed by atoms with Crippen LogP contribution in [0.5, 0.6) is 5.75 Å². The van der Waals surface area contributed by atoms with Crippen molar-refractivity contribution in [3.8, 4) is 5.75 Å². The number of methoxy groups -OCH3 is 1. The molecule has 1 fully saturated rings. The summed E-state index contributed by atoms with van der Waals surface area (Å²) in [5.74, 6) is 1.34. The van der Waals surface area contributed by atoms with Crippen LogP contribution < -0.4 is 15.0 Å². The molecule has 2 unspecified atom stereocenters. The molecule has 1 aliphatic carbocycles. The van der Waals surface area contributed by atoms with Crippen LogP contribution in [0.1, 0.15) is 112 Å². The Morgan fingerprint density at radius 1 is 1.02 bits per heavy atom. The third-order valence-corrected chi connectivity index (χ3v) is 9.71. The van der Waals surface area contributed by atoms with E-state index in [1.807, 2.05) is 51.9 Å². The van der Waals surface area contributed by atoms with E-state index in [4.69, 9.17) is 9.47 Å². The van der Waals surface area contributed by atoms with Gasteiger partial charge in [-0.1, -0.05) is 31.4 Å². The minimum Gasteiger partial charge on any atom is -0.497 e. The number of nitrogens with one attached hydrogen (secondary N) is 1. The van der Waals surface area contributed by atoms with Crippen molar-refractivity contribution in [2.45, 2.75) is 90.2 Å². The van der Waals surface area contributed by atoms with Gasteiger partial charge in [0.15, 0.2) is 0 Å². The van der Waals surface area contributed by atoms with Gasteiger partial charge in [0, 0.05) is 37.3 Å². The highest BCUT2D eigenvalue weighted by molar-refractivity contribution is 6.03. The van der Waals surface area contributed by atoms with Gasteiger partial charge in [0.25, 0.3) is 5.91 Å². The van der Waals surface area contributed by atoms with E-state index in [1.54, 1.807) is 7.11 Å². The maximum Gasteiger partial charge on any atom is 0.338 e. The first-order valence-corrected chi connectivity index (χ1v) is 16.5. The van der Waals surface area contributed by atoms with Crippen molar-refractivity contribution >= 4 is 23.1 Å². The first-order chi connectivity index (χ1) is 21.0. The number of unbranched alkanes of at least 4 members (excludes halogenated alkanes) is 1. The SMILES string of the molecule is CNCCCCN(C)C(=O)C1=C(C)c2cc(OC)ccc2C2C(C3CCCCC3)c3ccc(C(=O)OC(C)(C)C)cc3N2C1. The fraction of sp³-hybridized carbons (Fsp3) is 0.568. The highest BCUT2D eigenvalue weighted by Gasteiger charge is 2.47. The topological polar surface area (TPSA) is 71.1 Å². The van der Waals surface area contributed by atoms with Crippen molar-refractivity contribution < 1.29 is 19.1 Å². The fourth-order valence-corrected chi connectivity index (χ4v) is 7.51. The summed E-state index contributed by atoms with van der Waals surface area (Å²) in [6.07, 6.45) is 8.13. The molecule has 238 valence electrons. The van der Waals surface area contributed by atoms with Gasteiger partial charge < -0.3 is 24.6 Å². The number of carbonyl (C=O) groups excluding carboxylic acids is 2. The van der Waals surface area contributed by atoms with Crippen LogP contribution in [0.4, 0.5) is 5.69 Å². The average Bonchev–Trinajstić information content (AvgIpc) is 3.26. The predicted octanol–water partition coefficient (Wildman–Crippen LogP) is 7.12. The van der Waals surface area contributed by atoms with Gasteiger partial charge in [-0.05, 0) is 119 Å². The van der Waals surface area contributed by atoms with Crippen molar-refractivity contribution in [3.05, 3.63) is 64.2 Å². The number of ether oxygens (including phenoxy) is 2. The number of nitrogens with zero attached hydrogens (tertiary/aromatic N) is 2. The second kappa shape index (κ2) is 13.4. The lowest BCUT2D eigenvalue weighted by Gasteiger charge is -2.36. The zero-order valence-electron chi connectivity index (χ0n) is 27.8. The second-order valence-electron chi connectivity index (χ2n) is 13.9. The molecule has 0 aromatic heterocycles. The van der Waals surface area contributed by atoms with E-state index < -0.39 is 5.60 Å². The quantitative estimate of drug-likeness (QED) is 0.244. The van der Waals surface area contributed by atoms with Crippen LogP contribution in [-0.2, 0) is 9.53 Å². The van der Waals surface area contributed by atoms with Gasteiger partial charge >= 0.3 is 5.97 Å². The molecule has 0 radical (unpaired) electrons. The van der Waals surface area contributed by atoms with E-state index in [0.29, 0.717) is 24.6 Å². The Labute approximate surface area is 264 Å². The Morgan fingerprint density at radius 3 is 2.43 bits per heavy atom. The molecule has 1 saturated carbocycles. The molecule has 0 saturated heterocycles. The van der Waals surface area contributed by atoms with Gasteiger partial charge in [-0.15, -0.1) is 0 Å². The highest BCUT2D eigenvalue weighted by Crippen LogP contribution is 2.57. The van der Waals surface area contributed by atoms with Crippen LogP contribution in [0.25, 0.3) is 5.57 Å². The molecule has 2 heterocycles. The van der Waals surface area contributed by atoms with E-state index in [2.05, 4.69) is 41.4 Å². The largest absolute Gasteiger partial charge is 0.497 e. The van der Waals surface area contributed by atoms with Gasteiger partial charge in [-0.25, -0.2) is 4.79 Å². The molecule has 0 spiro atoms. The van der Waals surface area contributed by atoms with Crippen LogP contribution in [-0.4, -0.2) is 63.2 Å². The summed E-state index contributed by atoms with van der Waals surface area (Å²) < 4.78 is 11.5. The number of hydrogen-bond acceptors (Lipinski definition) is 6. The molecular formula is C37H51N3O4. The number of esters is 1. The van der Waals surface area contributed by atoms with E-state index in [0.717, 1.165) is 47.5 Å². The summed E-state index contributed by atoms with van der Waals surface area (Å²) in [5.41, 5.74) is 6.43. The first kappa shape index (κ1) is 32.1. The third kappa shape index (κ3) is 6.53. The van der Waals surface area contributed by atoms with Crippen molar-refractivity contribution in [1.29, 1.82) is 0 Å². The van der Waals surface area contributed by atoms with Crippen LogP contribution in [0.3, 0.4) is 0 Å². The van der Waals surface area contributed by atoms with Gasteiger partial charge in [-0.2, -0.15) is 0 Å². The van der Waals surface area contributed by atoms with Crippen molar-refractivity contribution in [2.75, 3.05) is 45.7 Å². The number of anilines is 1. The number of fused-ring (bicyclic) bond motifs is 5. The molecule has 2 aromatic rings. The predicted molar refractivity (Wildman–Crippen MR) is 177 cm³/mol. The maximum absolute atomic E-state index is 14.2. The molecule has 7 heteroatoms. The summed E-state index contributed by atoms with van der Waals surface area (Å²) >= 11 is 0. The number of hydrogen-bond donors (Lipinski definition) is 1. The second-order valence-corrected chi connectivity index (χ2v) is 13.9. The van der Waals surface area contributed by atoms with Crippen molar-refractivity contribution in [3.63, 3.8) is 0 Å². The normalized spacial score (nSPS) is 20.0. The minimum atomic E-state index is -0.582. The van der Waals surface area contributed by atoms with E-state index in [-0.39, 0.29) is 23.8 Å². The fourth-order valence-electron chi connectivity index (χ4n) is 7.51. The van der Waals surface area contributed by atoms with Crippen LogP contribution >= 0.6 is 0 Å². The molecule has 7 nitrogen and oxygen atoms in total. The van der Waals surface area contributed by atoms with Crippen molar-refractivity contribution in [1.82, 2.24) is 10.2 Å². The number of carbonyl (C=O) groups is 2. The maximum atomic E-state index is 14.2. The summed E-state index contributed by atoms with van der Waals surface area (Å²) in [6, 6.07) is 12.6. The Kier molecular flexibility index (Phi) is 9.74. The first-order valence-electron chi connectivity index (χ1n) is 16.5. The van der Waals surface area contributed by atoms with Crippen LogP contribution in [0, 0.1) is 5.92 Å². The molecule has 2 aromatic carbocycles. The Morgan fingerprint density at radius 2 is 1.75 bits per heavy atom. The number of benzene rings is 2. The third-order valence-electron chi connectivity index (χ3n) is 9.71. The number of allylic oxidation sites excluding steroid dienone is 1.